The van der Waals surface area contributed by atoms with Crippen molar-refractivity contribution in [1.29, 1.82) is 0 Å². The molecule has 6 nitrogen and oxygen atoms in total. The Balaban J connectivity index is 1.73. The van der Waals surface area contributed by atoms with Crippen LogP contribution in [0.4, 0.5) is 11.4 Å². The van der Waals surface area contributed by atoms with Gasteiger partial charge in [0, 0.05) is 11.3 Å². The molecule has 6 heteroatoms. The van der Waals surface area contributed by atoms with Crippen LogP contribution in [-0.4, -0.2) is 30.7 Å². The fraction of sp³-hybridized carbons (Fsp3) is 0.211. The molecule has 2 aromatic rings. The van der Waals surface area contributed by atoms with Crippen LogP contribution in [0.25, 0.3) is 0 Å². The molecule has 1 aliphatic rings. The number of rotatable bonds is 4. The second-order valence-electron chi connectivity index (χ2n) is 5.73. The number of para-hydroxylation sites is 2. The molecule has 3 rings (SSSR count). The summed E-state index contributed by atoms with van der Waals surface area (Å²) in [6.45, 7) is 1.67. The van der Waals surface area contributed by atoms with Gasteiger partial charge in [0.25, 0.3) is 0 Å². The average Bonchev–Trinajstić information content (AvgIpc) is 2.75. The van der Waals surface area contributed by atoms with E-state index in [-0.39, 0.29) is 30.6 Å². The average molecular weight is 338 g/mol. The Bertz CT molecular complexity index is 814. The minimum Gasteiger partial charge on any atom is -0.491 e. The van der Waals surface area contributed by atoms with Crippen molar-refractivity contribution in [2.45, 2.75) is 13.3 Å². The summed E-state index contributed by atoms with van der Waals surface area (Å²) in [5, 5.41) is 2.74. The maximum atomic E-state index is 12.4. The molecule has 2 aromatic carbocycles. The Morgan fingerprint density at radius 2 is 1.84 bits per heavy atom. The van der Waals surface area contributed by atoms with Gasteiger partial charge in [-0.3, -0.25) is 19.3 Å². The number of ether oxygens (including phenoxy) is 1. The number of nitrogens with zero attached hydrogens (tertiary/aromatic N) is 1. The maximum absolute atomic E-state index is 12.4. The van der Waals surface area contributed by atoms with Gasteiger partial charge in [-0.2, -0.15) is 0 Å². The minimum atomic E-state index is -0.319. The number of carbonyl (C=O) groups excluding carboxylic acids is 3. The van der Waals surface area contributed by atoms with Gasteiger partial charge in [0.1, 0.15) is 12.3 Å². The van der Waals surface area contributed by atoms with Crippen molar-refractivity contribution in [1.82, 2.24) is 0 Å². The third-order valence-electron chi connectivity index (χ3n) is 3.91. The van der Waals surface area contributed by atoms with Crippen LogP contribution in [0, 0.1) is 0 Å². The molecule has 0 aromatic heterocycles. The molecule has 128 valence electrons. The number of ketones is 1. The van der Waals surface area contributed by atoms with Crippen LogP contribution < -0.4 is 15.0 Å². The first kappa shape index (κ1) is 16.7. The lowest BCUT2D eigenvalue weighted by molar-refractivity contribution is -0.121. The zero-order chi connectivity index (χ0) is 17.8. The van der Waals surface area contributed by atoms with Crippen molar-refractivity contribution in [3.63, 3.8) is 0 Å². The van der Waals surface area contributed by atoms with Gasteiger partial charge in [-0.15, -0.1) is 0 Å². The van der Waals surface area contributed by atoms with Gasteiger partial charge in [0.05, 0.1) is 18.7 Å². The molecule has 1 heterocycles. The van der Waals surface area contributed by atoms with E-state index in [1.807, 2.05) is 6.07 Å². The van der Waals surface area contributed by atoms with Crippen molar-refractivity contribution in [3.8, 4) is 5.75 Å². The van der Waals surface area contributed by atoms with Gasteiger partial charge in [-0.1, -0.05) is 12.1 Å². The van der Waals surface area contributed by atoms with Crippen molar-refractivity contribution < 1.29 is 19.1 Å². The first-order valence-corrected chi connectivity index (χ1v) is 7.97. The summed E-state index contributed by atoms with van der Waals surface area (Å²) in [4.78, 5) is 37.4. The fourth-order valence-electron chi connectivity index (χ4n) is 2.63. The van der Waals surface area contributed by atoms with Crippen LogP contribution in [-0.2, 0) is 9.59 Å². The molecule has 0 saturated carbocycles. The highest BCUT2D eigenvalue weighted by molar-refractivity contribution is 6.04. The number of benzene rings is 2. The molecule has 2 amide bonds. The van der Waals surface area contributed by atoms with E-state index in [1.165, 1.54) is 11.8 Å². The van der Waals surface area contributed by atoms with E-state index < -0.39 is 0 Å². The number of hydrogen-bond donors (Lipinski definition) is 1. The number of nitrogens with one attached hydrogen (secondary N) is 1. The highest BCUT2D eigenvalue weighted by Gasteiger charge is 2.25. The number of fused-ring (bicyclic) bond motifs is 1. The second-order valence-corrected chi connectivity index (χ2v) is 5.73. The summed E-state index contributed by atoms with van der Waals surface area (Å²) in [6.07, 6.45) is 0.218. The van der Waals surface area contributed by atoms with Crippen LogP contribution in [0.2, 0.25) is 0 Å². The van der Waals surface area contributed by atoms with Gasteiger partial charge < -0.3 is 10.1 Å². The molecule has 0 saturated heterocycles. The second kappa shape index (κ2) is 7.17. The molecule has 0 fully saturated rings. The van der Waals surface area contributed by atoms with Crippen LogP contribution >= 0.6 is 0 Å². The molecule has 1 N–H and O–H groups in total. The number of Topliss-reactive ketones (excluding diaryl/α,β-unsaturated/α-hetero) is 1. The number of carbonyl (C=O) groups is 3. The standard InChI is InChI=1S/C19H18N2O4/c1-13(22)14-6-8-15(9-7-14)20-18(23)12-21-16-4-2-3-5-17(16)25-11-10-19(21)24/h2-9H,10-12H2,1H3,(H,20,23). The summed E-state index contributed by atoms with van der Waals surface area (Å²) >= 11 is 0. The van der Waals surface area contributed by atoms with Gasteiger partial charge >= 0.3 is 0 Å². The Labute approximate surface area is 145 Å². The lowest BCUT2D eigenvalue weighted by Crippen LogP contribution is -2.37. The SMILES string of the molecule is CC(=O)c1ccc(NC(=O)CN2C(=O)CCOc3ccccc32)cc1. The summed E-state index contributed by atoms with van der Waals surface area (Å²) < 4.78 is 5.56. The van der Waals surface area contributed by atoms with Gasteiger partial charge in [-0.05, 0) is 43.3 Å². The highest BCUT2D eigenvalue weighted by Crippen LogP contribution is 2.30. The monoisotopic (exact) mass is 338 g/mol. The Morgan fingerprint density at radius 3 is 2.56 bits per heavy atom. The summed E-state index contributed by atoms with van der Waals surface area (Å²) in [6, 6.07) is 13.8. The normalized spacial score (nSPS) is 13.5. The van der Waals surface area contributed by atoms with E-state index in [0.29, 0.717) is 29.3 Å². The number of hydrogen-bond acceptors (Lipinski definition) is 4. The van der Waals surface area contributed by atoms with Crippen LogP contribution in [0.1, 0.15) is 23.7 Å². The highest BCUT2D eigenvalue weighted by atomic mass is 16.5. The van der Waals surface area contributed by atoms with E-state index >= 15 is 0 Å². The Kier molecular flexibility index (Phi) is 4.79. The molecule has 0 unspecified atom stereocenters. The molecule has 0 aliphatic carbocycles. The lowest BCUT2D eigenvalue weighted by atomic mass is 10.1. The predicted molar refractivity (Wildman–Crippen MR) is 94.0 cm³/mol. The summed E-state index contributed by atoms with van der Waals surface area (Å²) in [5.41, 5.74) is 1.74. The first-order valence-electron chi connectivity index (χ1n) is 7.97. The number of anilines is 2. The van der Waals surface area contributed by atoms with Gasteiger partial charge in [0.2, 0.25) is 11.8 Å². The molecule has 25 heavy (non-hydrogen) atoms. The third-order valence-corrected chi connectivity index (χ3v) is 3.91. The van der Waals surface area contributed by atoms with Crippen LogP contribution in [0.5, 0.6) is 5.75 Å². The topological polar surface area (TPSA) is 75.7 Å². The maximum Gasteiger partial charge on any atom is 0.244 e. The van der Waals surface area contributed by atoms with Crippen molar-refractivity contribution in [2.75, 3.05) is 23.4 Å². The summed E-state index contributed by atoms with van der Waals surface area (Å²) in [7, 11) is 0. The molecule has 0 bridgehead atoms. The van der Waals surface area contributed by atoms with E-state index in [9.17, 15) is 14.4 Å². The zero-order valence-corrected chi connectivity index (χ0v) is 13.8. The quantitative estimate of drug-likeness (QED) is 0.870. The first-order chi connectivity index (χ1) is 12.0. The molecule has 0 spiro atoms. The summed E-state index contributed by atoms with van der Waals surface area (Å²) in [5.74, 6) is 0.0734. The molecule has 0 radical (unpaired) electrons. The molecular weight excluding hydrogens is 320 g/mol. The van der Waals surface area contributed by atoms with Crippen LogP contribution in [0.3, 0.4) is 0 Å². The zero-order valence-electron chi connectivity index (χ0n) is 13.8. The van der Waals surface area contributed by atoms with E-state index in [2.05, 4.69) is 5.32 Å². The Morgan fingerprint density at radius 1 is 1.12 bits per heavy atom. The lowest BCUT2D eigenvalue weighted by Gasteiger charge is -2.21. The van der Waals surface area contributed by atoms with Crippen molar-refractivity contribution in [3.05, 3.63) is 54.1 Å². The largest absolute Gasteiger partial charge is 0.491 e. The van der Waals surface area contributed by atoms with Crippen molar-refractivity contribution >= 4 is 29.0 Å². The van der Waals surface area contributed by atoms with E-state index in [4.69, 9.17) is 4.74 Å². The molecule has 0 atom stereocenters. The van der Waals surface area contributed by atoms with Crippen molar-refractivity contribution in [2.24, 2.45) is 0 Å². The Hall–Kier alpha value is -3.15. The minimum absolute atomic E-state index is 0.0374. The molecule has 1 aliphatic heterocycles. The van der Waals surface area contributed by atoms with Crippen LogP contribution in [0.15, 0.2) is 48.5 Å². The molecular formula is C19H18N2O4. The van der Waals surface area contributed by atoms with Gasteiger partial charge in [0.15, 0.2) is 5.78 Å². The van der Waals surface area contributed by atoms with Gasteiger partial charge in [-0.25, -0.2) is 0 Å². The predicted octanol–water partition coefficient (Wildman–Crippen LogP) is 2.64. The van der Waals surface area contributed by atoms with E-state index in [0.717, 1.165) is 0 Å². The third kappa shape index (κ3) is 3.85. The van der Waals surface area contributed by atoms with E-state index in [1.54, 1.807) is 42.5 Å². The smallest absolute Gasteiger partial charge is 0.244 e. The number of amides is 2. The fourth-order valence-corrected chi connectivity index (χ4v) is 2.63.